The second kappa shape index (κ2) is 10.3. The van der Waals surface area contributed by atoms with Gasteiger partial charge in [0.1, 0.15) is 5.75 Å². The van der Waals surface area contributed by atoms with Gasteiger partial charge in [0.05, 0.1) is 22.8 Å². The summed E-state index contributed by atoms with van der Waals surface area (Å²) in [5.74, 6) is -0.593. The first kappa shape index (κ1) is 24.0. The molecule has 3 rings (SSSR count). The number of Topliss-reactive ketones (excluding diaryl/α,β-unsaturated/α-hetero) is 1. The predicted octanol–water partition coefficient (Wildman–Crippen LogP) is 4.54. The minimum Gasteiger partial charge on any atom is -0.494 e. The van der Waals surface area contributed by atoms with E-state index in [1.165, 1.54) is 24.3 Å². The van der Waals surface area contributed by atoms with Gasteiger partial charge in [0.15, 0.2) is 6.61 Å². The number of esters is 1. The number of carbonyl (C=O) groups is 2. The maximum absolute atomic E-state index is 12.8. The number of ketones is 1. The minimum atomic E-state index is -3.97. The lowest BCUT2D eigenvalue weighted by Crippen LogP contribution is -2.19. The van der Waals surface area contributed by atoms with E-state index in [1.54, 1.807) is 37.3 Å². The molecule has 3 aromatic carbocycles. The van der Waals surface area contributed by atoms with Crippen LogP contribution < -0.4 is 9.46 Å². The highest BCUT2D eigenvalue weighted by atomic mass is 32.2. The average molecular weight is 468 g/mol. The van der Waals surface area contributed by atoms with Crippen molar-refractivity contribution in [1.82, 2.24) is 0 Å². The lowest BCUT2D eigenvalue weighted by atomic mass is 10.0. The molecule has 0 aliphatic rings. The number of ether oxygens (including phenoxy) is 2. The molecule has 0 aromatic heterocycles. The van der Waals surface area contributed by atoms with E-state index in [4.69, 9.17) is 9.47 Å². The summed E-state index contributed by atoms with van der Waals surface area (Å²) in [6, 6.07) is 17.5. The Hall–Kier alpha value is -3.65. The number of para-hydroxylation sites is 1. The minimum absolute atomic E-state index is 0.000718. The molecule has 172 valence electrons. The molecule has 33 heavy (non-hydrogen) atoms. The third-order valence-corrected chi connectivity index (χ3v) is 6.25. The fraction of sp³-hybridized carbons (Fsp3) is 0.200. The van der Waals surface area contributed by atoms with Crippen LogP contribution >= 0.6 is 0 Å². The van der Waals surface area contributed by atoms with Crippen LogP contribution in [0.25, 0.3) is 0 Å². The Bertz CT molecular complexity index is 1270. The van der Waals surface area contributed by atoms with Crippen LogP contribution in [0.2, 0.25) is 0 Å². The van der Waals surface area contributed by atoms with Crippen LogP contribution in [0.4, 0.5) is 5.69 Å². The number of nitrogens with one attached hydrogen (secondary N) is 1. The highest BCUT2D eigenvalue weighted by molar-refractivity contribution is 7.92. The number of anilines is 1. The summed E-state index contributed by atoms with van der Waals surface area (Å²) in [6.07, 6.45) is 0. The Morgan fingerprint density at radius 1 is 0.909 bits per heavy atom. The molecule has 0 aliphatic carbocycles. The molecule has 1 N–H and O–H groups in total. The highest BCUT2D eigenvalue weighted by Crippen LogP contribution is 2.23. The van der Waals surface area contributed by atoms with Crippen LogP contribution in [0.1, 0.15) is 38.8 Å². The van der Waals surface area contributed by atoms with E-state index >= 15 is 0 Å². The van der Waals surface area contributed by atoms with Crippen molar-refractivity contribution in [3.8, 4) is 5.75 Å². The summed E-state index contributed by atoms with van der Waals surface area (Å²) >= 11 is 0. The van der Waals surface area contributed by atoms with E-state index in [1.807, 2.05) is 26.0 Å². The van der Waals surface area contributed by atoms with E-state index < -0.39 is 22.6 Å². The fourth-order valence-electron chi connectivity index (χ4n) is 3.16. The Kier molecular flexibility index (Phi) is 7.50. The lowest BCUT2D eigenvalue weighted by Gasteiger charge is -2.13. The maximum atomic E-state index is 12.8. The van der Waals surface area contributed by atoms with Crippen molar-refractivity contribution in [3.63, 3.8) is 0 Å². The standard InChI is InChI=1S/C25H25NO6S/c1-4-31-19-11-13-20(14-12-19)33(29,30)26-23-8-6-5-7-21(23)25(28)32-16-24(27)22-15-17(2)9-10-18(22)3/h5-15,26H,4,16H2,1-3H3. The van der Waals surface area contributed by atoms with Gasteiger partial charge in [-0.05, 0) is 68.8 Å². The van der Waals surface area contributed by atoms with Crippen LogP contribution in [0.15, 0.2) is 71.6 Å². The Morgan fingerprint density at radius 3 is 2.30 bits per heavy atom. The van der Waals surface area contributed by atoms with Crippen LogP contribution in [-0.2, 0) is 14.8 Å². The van der Waals surface area contributed by atoms with Gasteiger partial charge in [0.2, 0.25) is 5.78 Å². The number of carbonyl (C=O) groups excluding carboxylic acids is 2. The first-order valence-corrected chi connectivity index (χ1v) is 11.8. The molecule has 8 heteroatoms. The molecule has 0 radical (unpaired) electrons. The quantitative estimate of drug-likeness (QED) is 0.366. The van der Waals surface area contributed by atoms with Crippen molar-refractivity contribution in [2.75, 3.05) is 17.9 Å². The van der Waals surface area contributed by atoms with E-state index in [9.17, 15) is 18.0 Å². The molecule has 0 spiro atoms. The summed E-state index contributed by atoms with van der Waals surface area (Å²) in [5.41, 5.74) is 2.23. The van der Waals surface area contributed by atoms with Crippen LogP contribution in [0, 0.1) is 13.8 Å². The van der Waals surface area contributed by atoms with E-state index in [-0.39, 0.29) is 21.9 Å². The predicted molar refractivity (Wildman–Crippen MR) is 125 cm³/mol. The van der Waals surface area contributed by atoms with Gasteiger partial charge in [0.25, 0.3) is 10.0 Å². The summed E-state index contributed by atoms with van der Waals surface area (Å²) in [5, 5.41) is 0. The van der Waals surface area contributed by atoms with Gasteiger partial charge in [0, 0.05) is 5.56 Å². The molecule has 3 aromatic rings. The molecule has 0 amide bonds. The van der Waals surface area contributed by atoms with Gasteiger partial charge in [-0.1, -0.05) is 29.8 Å². The summed E-state index contributed by atoms with van der Waals surface area (Å²) < 4.78 is 38.6. The first-order chi connectivity index (χ1) is 15.7. The highest BCUT2D eigenvalue weighted by Gasteiger charge is 2.20. The Labute approximate surface area is 193 Å². The number of rotatable bonds is 9. The van der Waals surface area contributed by atoms with Gasteiger partial charge < -0.3 is 9.47 Å². The molecular formula is C25H25NO6S. The number of hydrogen-bond acceptors (Lipinski definition) is 6. The molecule has 0 saturated carbocycles. The van der Waals surface area contributed by atoms with Crippen molar-refractivity contribution in [1.29, 1.82) is 0 Å². The van der Waals surface area contributed by atoms with E-state index in [0.29, 0.717) is 17.9 Å². The van der Waals surface area contributed by atoms with Gasteiger partial charge in [-0.3, -0.25) is 9.52 Å². The molecule has 0 unspecified atom stereocenters. The summed E-state index contributed by atoms with van der Waals surface area (Å²) in [4.78, 5) is 25.2. The third kappa shape index (κ3) is 5.98. The number of sulfonamides is 1. The fourth-order valence-corrected chi connectivity index (χ4v) is 4.24. The Balaban J connectivity index is 1.74. The van der Waals surface area contributed by atoms with Crippen LogP contribution in [-0.4, -0.2) is 33.4 Å². The topological polar surface area (TPSA) is 98.8 Å². The van der Waals surface area contributed by atoms with Crippen molar-refractivity contribution in [3.05, 3.63) is 89.0 Å². The molecule has 0 fully saturated rings. The smallest absolute Gasteiger partial charge is 0.340 e. The Morgan fingerprint density at radius 2 is 1.61 bits per heavy atom. The van der Waals surface area contributed by atoms with Gasteiger partial charge in [-0.15, -0.1) is 0 Å². The zero-order valence-electron chi connectivity index (χ0n) is 18.6. The number of aryl methyl sites for hydroxylation is 2. The molecule has 0 heterocycles. The van der Waals surface area contributed by atoms with E-state index in [2.05, 4.69) is 4.72 Å². The molecule has 0 aliphatic heterocycles. The van der Waals surface area contributed by atoms with Gasteiger partial charge in [-0.2, -0.15) is 0 Å². The molecule has 0 saturated heterocycles. The third-order valence-electron chi connectivity index (χ3n) is 4.86. The zero-order valence-corrected chi connectivity index (χ0v) is 19.4. The zero-order chi connectivity index (χ0) is 24.0. The maximum Gasteiger partial charge on any atom is 0.340 e. The second-order valence-corrected chi connectivity index (χ2v) is 9.06. The van der Waals surface area contributed by atoms with Crippen LogP contribution in [0.3, 0.4) is 0 Å². The molecule has 0 bridgehead atoms. The normalized spacial score (nSPS) is 11.0. The molecule has 0 atom stereocenters. The number of hydrogen-bond donors (Lipinski definition) is 1. The van der Waals surface area contributed by atoms with Crippen molar-refractivity contribution >= 4 is 27.5 Å². The van der Waals surface area contributed by atoms with Crippen molar-refractivity contribution < 1.29 is 27.5 Å². The van der Waals surface area contributed by atoms with Crippen molar-refractivity contribution in [2.45, 2.75) is 25.7 Å². The molecular weight excluding hydrogens is 442 g/mol. The largest absolute Gasteiger partial charge is 0.494 e. The summed E-state index contributed by atoms with van der Waals surface area (Å²) in [6.45, 7) is 5.52. The van der Waals surface area contributed by atoms with E-state index in [0.717, 1.165) is 11.1 Å². The van der Waals surface area contributed by atoms with Gasteiger partial charge in [-0.25, -0.2) is 13.2 Å². The lowest BCUT2D eigenvalue weighted by molar-refractivity contribution is 0.0475. The SMILES string of the molecule is CCOc1ccc(S(=O)(=O)Nc2ccccc2C(=O)OCC(=O)c2cc(C)ccc2C)cc1. The average Bonchev–Trinajstić information content (AvgIpc) is 2.79. The second-order valence-electron chi connectivity index (χ2n) is 7.37. The molecule has 7 nitrogen and oxygen atoms in total. The van der Waals surface area contributed by atoms with Crippen molar-refractivity contribution in [2.24, 2.45) is 0 Å². The monoisotopic (exact) mass is 467 g/mol. The first-order valence-electron chi connectivity index (χ1n) is 10.3. The summed E-state index contributed by atoms with van der Waals surface area (Å²) in [7, 11) is -3.97. The number of benzene rings is 3. The van der Waals surface area contributed by atoms with Gasteiger partial charge >= 0.3 is 5.97 Å². The van der Waals surface area contributed by atoms with Crippen LogP contribution in [0.5, 0.6) is 5.75 Å².